The van der Waals surface area contributed by atoms with E-state index in [4.69, 9.17) is 14.2 Å². The first-order chi connectivity index (χ1) is 27.0. The summed E-state index contributed by atoms with van der Waals surface area (Å²) in [4.78, 5) is 37.6. The van der Waals surface area contributed by atoms with Crippen LogP contribution in [0.2, 0.25) is 0 Å². The van der Waals surface area contributed by atoms with Crippen molar-refractivity contribution >= 4 is 17.9 Å². The third kappa shape index (κ3) is 42.6. The molecule has 0 aliphatic rings. The van der Waals surface area contributed by atoms with Gasteiger partial charge >= 0.3 is 17.9 Å². The van der Waals surface area contributed by atoms with E-state index in [1.807, 2.05) is 0 Å². The van der Waals surface area contributed by atoms with Gasteiger partial charge in [-0.25, -0.2) is 0 Å². The van der Waals surface area contributed by atoms with Gasteiger partial charge in [0.05, 0.1) is 0 Å². The summed E-state index contributed by atoms with van der Waals surface area (Å²) in [7, 11) is 0. The topological polar surface area (TPSA) is 78.9 Å². The maximum absolute atomic E-state index is 12.6. The lowest BCUT2D eigenvalue weighted by Crippen LogP contribution is -2.30. The maximum atomic E-state index is 12.6. The van der Waals surface area contributed by atoms with Gasteiger partial charge in [-0.2, -0.15) is 0 Å². The first-order valence-electron chi connectivity index (χ1n) is 23.5. The first kappa shape index (κ1) is 52.6. The highest BCUT2D eigenvalue weighted by atomic mass is 16.6. The molecule has 0 radical (unpaired) electrons. The van der Waals surface area contributed by atoms with Crippen LogP contribution in [0.25, 0.3) is 0 Å². The second-order valence-electron chi connectivity index (χ2n) is 15.6. The molecule has 0 saturated carbocycles. The van der Waals surface area contributed by atoms with Crippen molar-refractivity contribution in [2.24, 2.45) is 0 Å². The predicted octanol–water partition coefficient (Wildman–Crippen LogP) is 15.0. The molecule has 0 N–H and O–H groups in total. The highest BCUT2D eigenvalue weighted by Gasteiger charge is 2.19. The second-order valence-corrected chi connectivity index (χ2v) is 15.6. The van der Waals surface area contributed by atoms with Gasteiger partial charge in [-0.15, -0.1) is 0 Å². The van der Waals surface area contributed by atoms with Crippen LogP contribution >= 0.6 is 0 Å². The second kappa shape index (κ2) is 44.3. The Bertz CT molecular complexity index is 938. The molecular weight excluding hydrogens is 685 g/mol. The average Bonchev–Trinajstić information content (AvgIpc) is 3.18. The molecule has 1 unspecified atom stereocenters. The Morgan fingerprint density at radius 2 is 0.727 bits per heavy atom. The molecule has 0 heterocycles. The van der Waals surface area contributed by atoms with Crippen molar-refractivity contribution in [3.05, 3.63) is 36.5 Å². The minimum Gasteiger partial charge on any atom is -0.462 e. The van der Waals surface area contributed by atoms with E-state index >= 15 is 0 Å². The monoisotopic (exact) mass is 773 g/mol. The van der Waals surface area contributed by atoms with Crippen molar-refractivity contribution in [1.82, 2.24) is 0 Å². The SMILES string of the molecule is CC/C=C\C/C=C\CCCCC(=O)OC(COC(=O)CCC/C=C\CCCCCC)COC(=O)CCCCCCCCCCCCCCCCCCCCC. The summed E-state index contributed by atoms with van der Waals surface area (Å²) in [5.74, 6) is -0.963. The molecule has 0 saturated heterocycles. The molecule has 320 valence electrons. The van der Waals surface area contributed by atoms with Gasteiger partial charge < -0.3 is 14.2 Å². The van der Waals surface area contributed by atoms with Crippen LogP contribution in [-0.2, 0) is 28.6 Å². The Morgan fingerprint density at radius 1 is 0.382 bits per heavy atom. The molecule has 6 nitrogen and oxygen atoms in total. The third-order valence-electron chi connectivity index (χ3n) is 10.1. The Hall–Kier alpha value is -2.37. The highest BCUT2D eigenvalue weighted by Crippen LogP contribution is 2.15. The Kier molecular flexibility index (Phi) is 42.4. The van der Waals surface area contributed by atoms with Crippen molar-refractivity contribution in [3.63, 3.8) is 0 Å². The summed E-state index contributed by atoms with van der Waals surface area (Å²) in [5.41, 5.74) is 0. The number of esters is 3. The van der Waals surface area contributed by atoms with Crippen LogP contribution in [0.5, 0.6) is 0 Å². The van der Waals surface area contributed by atoms with Crippen LogP contribution in [0.3, 0.4) is 0 Å². The lowest BCUT2D eigenvalue weighted by Gasteiger charge is -2.18. The van der Waals surface area contributed by atoms with Crippen molar-refractivity contribution in [2.75, 3.05) is 13.2 Å². The number of allylic oxidation sites excluding steroid dienone is 6. The van der Waals surface area contributed by atoms with Gasteiger partial charge in [-0.05, 0) is 64.2 Å². The normalized spacial score (nSPS) is 12.3. The molecule has 0 aromatic carbocycles. The van der Waals surface area contributed by atoms with Crippen molar-refractivity contribution in [2.45, 2.75) is 245 Å². The molecule has 1 atom stereocenters. The molecule has 0 spiro atoms. The highest BCUT2D eigenvalue weighted by molar-refractivity contribution is 5.71. The fourth-order valence-corrected chi connectivity index (χ4v) is 6.60. The number of hydrogen-bond donors (Lipinski definition) is 0. The Labute approximate surface area is 340 Å². The summed E-state index contributed by atoms with van der Waals surface area (Å²) in [5, 5.41) is 0. The molecule has 0 fully saturated rings. The molecule has 0 aliphatic heterocycles. The number of ether oxygens (including phenoxy) is 3. The molecule has 0 bridgehead atoms. The van der Waals surface area contributed by atoms with Gasteiger partial charge in [-0.1, -0.05) is 192 Å². The molecule has 0 aromatic rings. The standard InChI is InChI=1S/C49H88O6/c1-4-7-10-13-16-19-20-21-22-23-24-25-26-27-28-31-33-36-39-42-48(51)54-45-46(55-49(52)43-40-37-34-30-18-15-12-9-6-3)44-53-47(50)41-38-35-32-29-17-14-11-8-5-2/h9,12,18,29-30,32,46H,4-8,10-11,13-17,19-28,31,33-45H2,1-3H3/b12-9-,30-18-,32-29-. The maximum Gasteiger partial charge on any atom is 0.306 e. The van der Waals surface area contributed by atoms with E-state index in [1.54, 1.807) is 0 Å². The van der Waals surface area contributed by atoms with Gasteiger partial charge in [0, 0.05) is 19.3 Å². The van der Waals surface area contributed by atoms with Crippen LogP contribution in [0.4, 0.5) is 0 Å². The van der Waals surface area contributed by atoms with E-state index in [2.05, 4.69) is 57.2 Å². The summed E-state index contributed by atoms with van der Waals surface area (Å²) in [6.45, 7) is 6.43. The zero-order chi connectivity index (χ0) is 40.1. The largest absolute Gasteiger partial charge is 0.462 e. The van der Waals surface area contributed by atoms with E-state index in [0.29, 0.717) is 25.7 Å². The molecule has 55 heavy (non-hydrogen) atoms. The van der Waals surface area contributed by atoms with Crippen LogP contribution in [0, 0.1) is 0 Å². The number of carbonyl (C=O) groups is 3. The quantitative estimate of drug-likeness (QED) is 0.0266. The number of hydrogen-bond acceptors (Lipinski definition) is 6. The number of carbonyl (C=O) groups excluding carboxylic acids is 3. The fraction of sp³-hybridized carbons (Fsp3) is 0.816. The zero-order valence-electron chi connectivity index (χ0n) is 36.4. The van der Waals surface area contributed by atoms with Crippen LogP contribution in [-0.4, -0.2) is 37.2 Å². The first-order valence-corrected chi connectivity index (χ1v) is 23.5. The van der Waals surface area contributed by atoms with Crippen LogP contribution in [0.15, 0.2) is 36.5 Å². The van der Waals surface area contributed by atoms with Crippen LogP contribution in [0.1, 0.15) is 239 Å². The van der Waals surface area contributed by atoms with Gasteiger partial charge in [0.25, 0.3) is 0 Å². The van der Waals surface area contributed by atoms with E-state index < -0.39 is 6.10 Å². The Balaban J connectivity index is 4.23. The Morgan fingerprint density at radius 3 is 1.22 bits per heavy atom. The predicted molar refractivity (Wildman–Crippen MR) is 233 cm³/mol. The van der Waals surface area contributed by atoms with E-state index in [0.717, 1.165) is 57.8 Å². The van der Waals surface area contributed by atoms with Crippen molar-refractivity contribution in [3.8, 4) is 0 Å². The third-order valence-corrected chi connectivity index (χ3v) is 10.1. The molecule has 0 rings (SSSR count). The summed E-state index contributed by atoms with van der Waals surface area (Å²) in [6, 6.07) is 0. The molecule has 0 aliphatic carbocycles. The van der Waals surface area contributed by atoms with Gasteiger partial charge in [-0.3, -0.25) is 14.4 Å². The van der Waals surface area contributed by atoms with Gasteiger partial charge in [0.2, 0.25) is 0 Å². The molecule has 0 aromatic heterocycles. The van der Waals surface area contributed by atoms with Gasteiger partial charge in [0.15, 0.2) is 6.10 Å². The molecular formula is C49H88O6. The van der Waals surface area contributed by atoms with Crippen molar-refractivity contribution in [1.29, 1.82) is 0 Å². The van der Waals surface area contributed by atoms with Gasteiger partial charge in [0.1, 0.15) is 13.2 Å². The number of rotatable bonds is 42. The lowest BCUT2D eigenvalue weighted by molar-refractivity contribution is -0.167. The molecule has 0 amide bonds. The number of unbranched alkanes of at least 4 members (excludes halogenated alkanes) is 25. The van der Waals surface area contributed by atoms with E-state index in [9.17, 15) is 14.4 Å². The summed E-state index contributed by atoms with van der Waals surface area (Å²) < 4.78 is 16.6. The zero-order valence-corrected chi connectivity index (χ0v) is 36.4. The minimum atomic E-state index is -0.793. The molecule has 6 heteroatoms. The lowest BCUT2D eigenvalue weighted by atomic mass is 10.0. The average molecular weight is 773 g/mol. The fourth-order valence-electron chi connectivity index (χ4n) is 6.60. The smallest absolute Gasteiger partial charge is 0.306 e. The summed E-state index contributed by atoms with van der Waals surface area (Å²) >= 11 is 0. The minimum absolute atomic E-state index is 0.0915. The summed E-state index contributed by atoms with van der Waals surface area (Å²) in [6.07, 6.45) is 50.2. The van der Waals surface area contributed by atoms with E-state index in [-0.39, 0.29) is 37.5 Å². The van der Waals surface area contributed by atoms with Crippen molar-refractivity contribution < 1.29 is 28.6 Å². The van der Waals surface area contributed by atoms with Crippen LogP contribution < -0.4 is 0 Å². The van der Waals surface area contributed by atoms with E-state index in [1.165, 1.54) is 128 Å².